The fourth-order valence-electron chi connectivity index (χ4n) is 6.64. The van der Waals surface area contributed by atoms with Gasteiger partial charge in [0.05, 0.1) is 18.1 Å². The van der Waals surface area contributed by atoms with Crippen molar-refractivity contribution in [1.82, 2.24) is 15.1 Å². The van der Waals surface area contributed by atoms with Crippen LogP contribution in [0.2, 0.25) is 0 Å². The number of carbonyl (C=O) groups is 3. The molecule has 0 aliphatic carbocycles. The van der Waals surface area contributed by atoms with Crippen molar-refractivity contribution >= 4 is 17.7 Å². The van der Waals surface area contributed by atoms with E-state index >= 15 is 0 Å². The minimum Gasteiger partial charge on any atom is -0.395 e. The van der Waals surface area contributed by atoms with Crippen LogP contribution in [0.4, 0.5) is 0 Å². The normalized spacial score (nSPS) is 26.8. The van der Waals surface area contributed by atoms with Crippen LogP contribution in [0.25, 0.3) is 0 Å². The summed E-state index contributed by atoms with van der Waals surface area (Å²) in [5.41, 5.74) is 1.40. The Morgan fingerprint density at radius 2 is 1.66 bits per heavy atom. The third-order valence-electron chi connectivity index (χ3n) is 8.05. The molecule has 184 valence electrons. The lowest BCUT2D eigenvalue weighted by Crippen LogP contribution is -2.61. The number of fused-ring (bicyclic) bond motifs is 1. The first-order valence-corrected chi connectivity index (χ1v) is 12.7. The number of nitrogens with one attached hydrogen (secondary N) is 1. The lowest BCUT2D eigenvalue weighted by molar-refractivity contribution is -0.142. The lowest BCUT2D eigenvalue weighted by Gasteiger charge is -2.40. The molecule has 2 aromatic carbocycles. The topological polar surface area (TPSA) is 90.0 Å². The Morgan fingerprint density at radius 1 is 1.00 bits per heavy atom. The summed E-state index contributed by atoms with van der Waals surface area (Å²) in [5.74, 6) is -0.697. The Hall–Kier alpha value is -3.19. The Morgan fingerprint density at radius 3 is 2.31 bits per heavy atom. The number of likely N-dealkylation sites (tertiary alicyclic amines) is 1. The average molecular weight is 476 g/mol. The second kappa shape index (κ2) is 9.82. The van der Waals surface area contributed by atoms with Crippen molar-refractivity contribution in [3.63, 3.8) is 0 Å². The van der Waals surface area contributed by atoms with Crippen LogP contribution in [0.3, 0.4) is 0 Å². The Kier molecular flexibility index (Phi) is 6.60. The Balaban J connectivity index is 1.36. The van der Waals surface area contributed by atoms with Crippen LogP contribution < -0.4 is 5.32 Å². The molecule has 0 radical (unpaired) electrons. The highest BCUT2D eigenvalue weighted by Gasteiger charge is 2.72. The summed E-state index contributed by atoms with van der Waals surface area (Å²) in [7, 11) is 0. The molecule has 7 heteroatoms. The lowest BCUT2D eigenvalue weighted by atomic mass is 9.75. The average Bonchev–Trinajstić information content (AvgIpc) is 3.49. The predicted molar refractivity (Wildman–Crippen MR) is 131 cm³/mol. The zero-order chi connectivity index (χ0) is 24.4. The molecule has 0 aromatic heterocycles. The van der Waals surface area contributed by atoms with Gasteiger partial charge in [-0.1, -0.05) is 60.7 Å². The van der Waals surface area contributed by atoms with Gasteiger partial charge >= 0.3 is 0 Å². The summed E-state index contributed by atoms with van der Waals surface area (Å²) in [6.45, 7) is 0.338. The number of carbonyl (C=O) groups excluding carboxylic acids is 3. The number of aliphatic hydroxyl groups is 1. The maximum Gasteiger partial charge on any atom is 0.245 e. The van der Waals surface area contributed by atoms with Crippen LogP contribution in [0.1, 0.15) is 36.8 Å². The summed E-state index contributed by atoms with van der Waals surface area (Å²) in [6, 6.07) is 19.1. The molecule has 3 heterocycles. The number of amides is 3. The minimum absolute atomic E-state index is 0.00289. The minimum atomic E-state index is -0.818. The van der Waals surface area contributed by atoms with Gasteiger partial charge in [-0.2, -0.15) is 0 Å². The molecule has 3 fully saturated rings. The highest BCUT2D eigenvalue weighted by atomic mass is 16.3. The quantitative estimate of drug-likeness (QED) is 0.580. The number of β-amino-alcohol motifs (C(OH)–C–C–N with tert-alkyl or cyclic N) is 1. The summed E-state index contributed by atoms with van der Waals surface area (Å²) < 4.78 is 0. The monoisotopic (exact) mass is 475 g/mol. The van der Waals surface area contributed by atoms with Crippen molar-refractivity contribution in [3.05, 3.63) is 71.8 Å². The molecule has 3 aliphatic heterocycles. The van der Waals surface area contributed by atoms with E-state index in [4.69, 9.17) is 0 Å². The van der Waals surface area contributed by atoms with Gasteiger partial charge in [0.2, 0.25) is 17.7 Å². The van der Waals surface area contributed by atoms with Gasteiger partial charge in [0.25, 0.3) is 0 Å². The largest absolute Gasteiger partial charge is 0.395 e. The maximum atomic E-state index is 13.6. The van der Waals surface area contributed by atoms with Gasteiger partial charge < -0.3 is 20.2 Å². The van der Waals surface area contributed by atoms with Crippen molar-refractivity contribution < 1.29 is 19.5 Å². The summed E-state index contributed by atoms with van der Waals surface area (Å²) in [6.07, 6.45) is 3.72. The smallest absolute Gasteiger partial charge is 0.245 e. The van der Waals surface area contributed by atoms with E-state index in [0.29, 0.717) is 38.6 Å². The van der Waals surface area contributed by atoms with E-state index in [2.05, 4.69) is 5.32 Å². The molecular formula is C28H33N3O4. The molecule has 7 nitrogen and oxygen atoms in total. The van der Waals surface area contributed by atoms with Gasteiger partial charge in [0, 0.05) is 25.6 Å². The van der Waals surface area contributed by atoms with Crippen LogP contribution in [0.15, 0.2) is 60.7 Å². The van der Waals surface area contributed by atoms with Gasteiger partial charge in [0.1, 0.15) is 6.04 Å². The third-order valence-corrected chi connectivity index (χ3v) is 8.05. The van der Waals surface area contributed by atoms with Crippen LogP contribution in [-0.4, -0.2) is 69.9 Å². The van der Waals surface area contributed by atoms with Crippen molar-refractivity contribution in [1.29, 1.82) is 0 Å². The number of nitrogens with zero attached hydrogens (tertiary/aromatic N) is 2. The number of hydrogen-bond acceptors (Lipinski definition) is 4. The molecule has 0 saturated carbocycles. The first-order chi connectivity index (χ1) is 17.1. The highest BCUT2D eigenvalue weighted by Crippen LogP contribution is 2.57. The molecule has 3 amide bonds. The van der Waals surface area contributed by atoms with E-state index in [0.717, 1.165) is 17.5 Å². The first-order valence-electron chi connectivity index (χ1n) is 12.7. The van der Waals surface area contributed by atoms with Crippen LogP contribution >= 0.6 is 0 Å². The number of rotatable bonds is 9. The molecule has 2 bridgehead atoms. The van der Waals surface area contributed by atoms with E-state index in [1.54, 1.807) is 0 Å². The molecule has 5 rings (SSSR count). The molecule has 3 aliphatic rings. The molecule has 2 aromatic rings. The van der Waals surface area contributed by atoms with Gasteiger partial charge in [-0.25, -0.2) is 0 Å². The van der Waals surface area contributed by atoms with Crippen molar-refractivity contribution in [2.24, 2.45) is 5.92 Å². The third kappa shape index (κ3) is 4.12. The van der Waals surface area contributed by atoms with Crippen LogP contribution in [-0.2, 0) is 27.2 Å². The maximum absolute atomic E-state index is 13.6. The molecule has 4 atom stereocenters. The molecule has 3 saturated heterocycles. The number of aryl methyl sites for hydroxylation is 1. The summed E-state index contributed by atoms with van der Waals surface area (Å²) in [4.78, 5) is 44.0. The molecule has 2 N–H and O–H groups in total. The Bertz CT molecular complexity index is 1080. The summed E-state index contributed by atoms with van der Waals surface area (Å²) in [5, 5.41) is 12.7. The zero-order valence-electron chi connectivity index (χ0n) is 19.9. The molecule has 35 heavy (non-hydrogen) atoms. The predicted octanol–water partition coefficient (Wildman–Crippen LogP) is 1.93. The molecule has 0 unspecified atom stereocenters. The van der Waals surface area contributed by atoms with Gasteiger partial charge in [-0.3, -0.25) is 14.4 Å². The second-order valence-electron chi connectivity index (χ2n) is 9.91. The zero-order valence-corrected chi connectivity index (χ0v) is 19.9. The molecule has 1 spiro atoms. The standard InChI is InChI=1S/C28H33N3O4/c32-18-17-30-25(26(34)29-16-14-21-9-5-2-6-10-21)28-15-13-22(19-23(28)27(30)35)31(28)24(33)12-11-20-7-3-1-4-8-20/h1-10,22-23,25,32H,11-19H2,(H,29,34)/t22-,23+,25-,28+/m0/s1. The van der Waals surface area contributed by atoms with Crippen LogP contribution in [0, 0.1) is 5.92 Å². The summed E-state index contributed by atoms with van der Waals surface area (Å²) >= 11 is 0. The van der Waals surface area contributed by atoms with E-state index in [-0.39, 0.29) is 42.8 Å². The van der Waals surface area contributed by atoms with E-state index in [1.807, 2.05) is 65.6 Å². The Labute approximate surface area is 206 Å². The van der Waals surface area contributed by atoms with Crippen LogP contribution in [0.5, 0.6) is 0 Å². The second-order valence-corrected chi connectivity index (χ2v) is 9.91. The van der Waals surface area contributed by atoms with Crippen molar-refractivity contribution in [2.75, 3.05) is 19.7 Å². The number of aliphatic hydroxyl groups excluding tert-OH is 1. The fourth-order valence-corrected chi connectivity index (χ4v) is 6.64. The van der Waals surface area contributed by atoms with Crippen molar-refractivity contribution in [2.45, 2.75) is 56.1 Å². The SMILES string of the molecule is O=C(NCCc1ccccc1)[C@@H]1N(CCO)C(=O)[C@H]2C[C@@H]3CC[C@@]21N3C(=O)CCc1ccccc1. The fraction of sp³-hybridized carbons (Fsp3) is 0.464. The van der Waals surface area contributed by atoms with E-state index < -0.39 is 11.6 Å². The highest BCUT2D eigenvalue weighted by molar-refractivity contribution is 5.98. The number of benzene rings is 2. The first kappa shape index (κ1) is 23.5. The number of hydrogen-bond donors (Lipinski definition) is 2. The van der Waals surface area contributed by atoms with Crippen molar-refractivity contribution in [3.8, 4) is 0 Å². The van der Waals surface area contributed by atoms with Gasteiger partial charge in [-0.15, -0.1) is 0 Å². The molecular weight excluding hydrogens is 442 g/mol. The van der Waals surface area contributed by atoms with Gasteiger partial charge in [-0.05, 0) is 43.2 Å². The van der Waals surface area contributed by atoms with E-state index in [9.17, 15) is 19.5 Å². The van der Waals surface area contributed by atoms with E-state index in [1.165, 1.54) is 4.90 Å². The van der Waals surface area contributed by atoms with Gasteiger partial charge in [0.15, 0.2) is 0 Å².